The summed E-state index contributed by atoms with van der Waals surface area (Å²) in [6, 6.07) is 1.44. The zero-order chi connectivity index (χ0) is 15.2. The second-order valence-corrected chi connectivity index (χ2v) is 6.94. The molecule has 1 aliphatic carbocycles. The van der Waals surface area contributed by atoms with E-state index in [9.17, 15) is 4.79 Å². The molecular weight excluding hydrogens is 262 g/mol. The van der Waals surface area contributed by atoms with Crippen molar-refractivity contribution in [3.8, 4) is 0 Å². The van der Waals surface area contributed by atoms with Crippen LogP contribution in [-0.2, 0) is 4.79 Å². The van der Waals surface area contributed by atoms with E-state index in [1.54, 1.807) is 0 Å². The Bertz CT molecular complexity index is 334. The Labute approximate surface area is 130 Å². The molecule has 0 aromatic carbocycles. The van der Waals surface area contributed by atoms with Gasteiger partial charge in [0, 0.05) is 31.2 Å². The Morgan fingerprint density at radius 3 is 2.67 bits per heavy atom. The van der Waals surface area contributed by atoms with E-state index in [4.69, 9.17) is 0 Å². The lowest BCUT2D eigenvalue weighted by atomic mass is 9.86. The minimum atomic E-state index is 0.226. The first-order valence-electron chi connectivity index (χ1n) is 8.90. The van der Waals surface area contributed by atoms with Crippen LogP contribution in [0.3, 0.4) is 0 Å². The second-order valence-electron chi connectivity index (χ2n) is 6.94. The van der Waals surface area contributed by atoms with Crippen LogP contribution in [0.2, 0.25) is 0 Å². The highest BCUT2D eigenvalue weighted by atomic mass is 16.2. The number of nitrogens with zero attached hydrogens (tertiary/aromatic N) is 1. The van der Waals surface area contributed by atoms with Gasteiger partial charge in [-0.25, -0.2) is 0 Å². The molecule has 4 unspecified atom stereocenters. The summed E-state index contributed by atoms with van der Waals surface area (Å²) in [4.78, 5) is 14.8. The normalized spacial score (nSPS) is 34.6. The number of hydrogen-bond donors (Lipinski definition) is 2. The molecule has 2 N–H and O–H groups in total. The smallest absolute Gasteiger partial charge is 0.234 e. The van der Waals surface area contributed by atoms with Gasteiger partial charge in [0.15, 0.2) is 0 Å². The van der Waals surface area contributed by atoms with Crippen LogP contribution in [-0.4, -0.2) is 48.6 Å². The molecule has 0 bridgehead atoms. The van der Waals surface area contributed by atoms with Crippen LogP contribution >= 0.6 is 0 Å². The summed E-state index contributed by atoms with van der Waals surface area (Å²) < 4.78 is 0. The molecule has 2 rings (SSSR count). The lowest BCUT2D eigenvalue weighted by molar-refractivity contribution is -0.124. The maximum absolute atomic E-state index is 12.4. The number of carbonyl (C=O) groups is 1. The molecule has 1 amide bonds. The summed E-state index contributed by atoms with van der Waals surface area (Å²) in [5.41, 5.74) is 0. The van der Waals surface area contributed by atoms with Crippen molar-refractivity contribution in [2.24, 2.45) is 5.92 Å². The Kier molecular flexibility index (Phi) is 6.49. The molecule has 4 atom stereocenters. The van der Waals surface area contributed by atoms with E-state index >= 15 is 0 Å². The standard InChI is InChI=1S/C17H33N3O/c1-4-14-11-20(15(5-2)10-18-14)12-17(21)19-16-9-7-6-8-13(16)3/h13-16,18H,4-12H2,1-3H3,(H,19,21). The molecule has 4 nitrogen and oxygen atoms in total. The summed E-state index contributed by atoms with van der Waals surface area (Å²) in [7, 11) is 0. The lowest BCUT2D eigenvalue weighted by Crippen LogP contribution is -2.58. The SMILES string of the molecule is CCC1CN(CC(=O)NC2CCCCC2C)C(CC)CN1. The van der Waals surface area contributed by atoms with E-state index in [0.29, 0.717) is 30.6 Å². The van der Waals surface area contributed by atoms with Crippen LogP contribution in [0.5, 0.6) is 0 Å². The number of carbonyl (C=O) groups excluding carboxylic acids is 1. The summed E-state index contributed by atoms with van der Waals surface area (Å²) in [5.74, 6) is 0.861. The van der Waals surface area contributed by atoms with Crippen LogP contribution in [0.25, 0.3) is 0 Å². The third-order valence-corrected chi connectivity index (χ3v) is 5.38. The molecule has 1 heterocycles. The van der Waals surface area contributed by atoms with Gasteiger partial charge in [0.25, 0.3) is 0 Å². The van der Waals surface area contributed by atoms with E-state index in [2.05, 4.69) is 36.3 Å². The average Bonchev–Trinajstić information content (AvgIpc) is 2.49. The van der Waals surface area contributed by atoms with Gasteiger partial charge in [-0.15, -0.1) is 0 Å². The summed E-state index contributed by atoms with van der Waals surface area (Å²) >= 11 is 0. The van der Waals surface area contributed by atoms with Crippen molar-refractivity contribution in [2.45, 2.75) is 77.4 Å². The molecule has 1 aliphatic heterocycles. The first-order valence-corrected chi connectivity index (χ1v) is 8.90. The van der Waals surface area contributed by atoms with Crippen molar-refractivity contribution in [3.63, 3.8) is 0 Å². The molecule has 21 heavy (non-hydrogen) atoms. The number of amides is 1. The predicted molar refractivity (Wildman–Crippen MR) is 87.3 cm³/mol. The zero-order valence-corrected chi connectivity index (χ0v) is 14.0. The third-order valence-electron chi connectivity index (χ3n) is 5.38. The summed E-state index contributed by atoms with van der Waals surface area (Å²) in [5, 5.41) is 6.88. The Hall–Kier alpha value is -0.610. The molecular formula is C17H33N3O. The van der Waals surface area contributed by atoms with E-state index in [1.165, 1.54) is 19.3 Å². The molecule has 1 saturated carbocycles. The average molecular weight is 295 g/mol. The largest absolute Gasteiger partial charge is 0.352 e. The molecule has 0 aromatic rings. The van der Waals surface area contributed by atoms with E-state index in [-0.39, 0.29) is 5.91 Å². The van der Waals surface area contributed by atoms with Gasteiger partial charge in [0.2, 0.25) is 5.91 Å². The monoisotopic (exact) mass is 295 g/mol. The lowest BCUT2D eigenvalue weighted by Gasteiger charge is -2.40. The minimum Gasteiger partial charge on any atom is -0.352 e. The number of hydrogen-bond acceptors (Lipinski definition) is 3. The van der Waals surface area contributed by atoms with Gasteiger partial charge < -0.3 is 10.6 Å². The highest BCUT2D eigenvalue weighted by Gasteiger charge is 2.29. The first kappa shape index (κ1) is 16.8. The first-order chi connectivity index (χ1) is 10.1. The third kappa shape index (κ3) is 4.68. The van der Waals surface area contributed by atoms with E-state index in [1.807, 2.05) is 0 Å². The number of piperazine rings is 1. The van der Waals surface area contributed by atoms with Crippen LogP contribution in [0, 0.1) is 5.92 Å². The highest BCUT2D eigenvalue weighted by Crippen LogP contribution is 2.23. The molecule has 2 aliphatic rings. The van der Waals surface area contributed by atoms with Gasteiger partial charge in [-0.05, 0) is 31.6 Å². The van der Waals surface area contributed by atoms with Crippen LogP contribution in [0.15, 0.2) is 0 Å². The molecule has 0 aromatic heterocycles. The Balaban J connectivity index is 1.84. The fraction of sp³-hybridized carbons (Fsp3) is 0.941. The van der Waals surface area contributed by atoms with Crippen molar-refractivity contribution in [2.75, 3.05) is 19.6 Å². The quantitative estimate of drug-likeness (QED) is 0.817. The van der Waals surface area contributed by atoms with Crippen LogP contribution < -0.4 is 10.6 Å². The van der Waals surface area contributed by atoms with Gasteiger partial charge in [-0.2, -0.15) is 0 Å². The molecule has 4 heteroatoms. The number of nitrogens with one attached hydrogen (secondary N) is 2. The van der Waals surface area contributed by atoms with Crippen LogP contribution in [0.1, 0.15) is 59.3 Å². The number of rotatable bonds is 5. The molecule has 2 fully saturated rings. The minimum absolute atomic E-state index is 0.226. The molecule has 0 spiro atoms. The second kappa shape index (κ2) is 8.14. The molecule has 1 saturated heterocycles. The summed E-state index contributed by atoms with van der Waals surface area (Å²) in [6.45, 7) is 9.29. The molecule has 122 valence electrons. The van der Waals surface area contributed by atoms with Crippen LogP contribution in [0.4, 0.5) is 0 Å². The fourth-order valence-corrected chi connectivity index (χ4v) is 3.77. The van der Waals surface area contributed by atoms with Gasteiger partial charge in [0.05, 0.1) is 6.54 Å². The van der Waals surface area contributed by atoms with Crippen molar-refractivity contribution in [1.82, 2.24) is 15.5 Å². The predicted octanol–water partition coefficient (Wildman–Crippen LogP) is 2.14. The Morgan fingerprint density at radius 2 is 2.00 bits per heavy atom. The zero-order valence-electron chi connectivity index (χ0n) is 14.0. The van der Waals surface area contributed by atoms with Crippen molar-refractivity contribution >= 4 is 5.91 Å². The fourth-order valence-electron chi connectivity index (χ4n) is 3.77. The van der Waals surface area contributed by atoms with E-state index < -0.39 is 0 Å². The molecule has 0 radical (unpaired) electrons. The summed E-state index contributed by atoms with van der Waals surface area (Å²) in [6.07, 6.45) is 7.24. The van der Waals surface area contributed by atoms with Gasteiger partial charge in [-0.1, -0.05) is 33.6 Å². The topological polar surface area (TPSA) is 44.4 Å². The maximum Gasteiger partial charge on any atom is 0.234 e. The van der Waals surface area contributed by atoms with Gasteiger partial charge in [0.1, 0.15) is 0 Å². The van der Waals surface area contributed by atoms with Crippen molar-refractivity contribution in [3.05, 3.63) is 0 Å². The van der Waals surface area contributed by atoms with Crippen molar-refractivity contribution < 1.29 is 4.79 Å². The highest BCUT2D eigenvalue weighted by molar-refractivity contribution is 5.78. The van der Waals surface area contributed by atoms with E-state index in [0.717, 1.165) is 32.4 Å². The maximum atomic E-state index is 12.4. The van der Waals surface area contributed by atoms with Gasteiger partial charge >= 0.3 is 0 Å². The Morgan fingerprint density at radius 1 is 1.24 bits per heavy atom. The van der Waals surface area contributed by atoms with Crippen molar-refractivity contribution in [1.29, 1.82) is 0 Å². The van der Waals surface area contributed by atoms with Gasteiger partial charge in [-0.3, -0.25) is 9.69 Å².